The number of hydrogen-bond donors (Lipinski definition) is 0. The number of rotatable bonds is 9. The number of fused-ring (bicyclic) bond motifs is 3. The van der Waals surface area contributed by atoms with E-state index < -0.39 is 0 Å². The van der Waals surface area contributed by atoms with Crippen molar-refractivity contribution in [3.05, 3.63) is 261 Å². The summed E-state index contributed by atoms with van der Waals surface area (Å²) in [5.41, 5.74) is 17.5. The summed E-state index contributed by atoms with van der Waals surface area (Å²) in [6.45, 7) is 0. The van der Waals surface area contributed by atoms with Crippen molar-refractivity contribution in [1.82, 2.24) is 0 Å². The first-order valence-corrected chi connectivity index (χ1v) is 21.7. The molecule has 0 saturated carbocycles. The fourth-order valence-electron chi connectivity index (χ4n) is 9.34. The van der Waals surface area contributed by atoms with Crippen LogP contribution in [0.25, 0.3) is 88.3 Å². The molecule has 0 bridgehead atoms. The zero-order valence-electron chi connectivity index (χ0n) is 34.8. The Morgan fingerprint density at radius 1 is 0.206 bits per heavy atom. The van der Waals surface area contributed by atoms with E-state index in [1.54, 1.807) is 0 Å². The highest BCUT2D eigenvalue weighted by Crippen LogP contribution is 2.49. The van der Waals surface area contributed by atoms with Crippen LogP contribution < -0.4 is 4.90 Å². The quantitative estimate of drug-likeness (QED) is 0.131. The van der Waals surface area contributed by atoms with E-state index in [1.807, 2.05) is 0 Å². The molecule has 11 aromatic carbocycles. The third-order valence-corrected chi connectivity index (χ3v) is 12.3. The number of hydrogen-bond acceptors (Lipinski definition) is 1. The summed E-state index contributed by atoms with van der Waals surface area (Å²) in [6, 6.07) is 94.8. The van der Waals surface area contributed by atoms with E-state index >= 15 is 0 Å². The van der Waals surface area contributed by atoms with E-state index in [4.69, 9.17) is 0 Å². The van der Waals surface area contributed by atoms with Crippen LogP contribution >= 0.6 is 0 Å². The van der Waals surface area contributed by atoms with Crippen molar-refractivity contribution < 1.29 is 0 Å². The first-order valence-electron chi connectivity index (χ1n) is 21.7. The van der Waals surface area contributed by atoms with Crippen LogP contribution in [-0.4, -0.2) is 0 Å². The maximum atomic E-state index is 2.47. The normalized spacial score (nSPS) is 11.2. The summed E-state index contributed by atoms with van der Waals surface area (Å²) in [7, 11) is 0. The minimum atomic E-state index is 1.08. The Bertz CT molecular complexity index is 3340. The first kappa shape index (κ1) is 37.7. The van der Waals surface area contributed by atoms with Crippen molar-refractivity contribution in [3.63, 3.8) is 0 Å². The van der Waals surface area contributed by atoms with Crippen LogP contribution in [0.15, 0.2) is 261 Å². The molecule has 0 fully saturated rings. The van der Waals surface area contributed by atoms with E-state index in [1.165, 1.54) is 77.2 Å². The second-order valence-corrected chi connectivity index (χ2v) is 16.0. The molecule has 1 nitrogen and oxygen atoms in total. The Morgan fingerprint density at radius 3 is 1.17 bits per heavy atom. The zero-order chi connectivity index (χ0) is 42.0. The molecule has 0 saturated heterocycles. The molecule has 63 heavy (non-hydrogen) atoms. The highest BCUT2D eigenvalue weighted by Gasteiger charge is 2.23. The van der Waals surface area contributed by atoms with Gasteiger partial charge in [-0.05, 0) is 119 Å². The lowest BCUT2D eigenvalue weighted by Gasteiger charge is -2.30. The van der Waals surface area contributed by atoms with Crippen LogP contribution in [0.5, 0.6) is 0 Å². The molecule has 0 heterocycles. The van der Waals surface area contributed by atoms with E-state index in [-0.39, 0.29) is 0 Å². The van der Waals surface area contributed by atoms with Gasteiger partial charge in [-0.1, -0.05) is 224 Å². The maximum Gasteiger partial charge on any atom is 0.0540 e. The summed E-state index contributed by atoms with van der Waals surface area (Å²) in [5.74, 6) is 0. The lowest BCUT2D eigenvalue weighted by Crippen LogP contribution is -2.12. The number of nitrogens with zero attached hydrogens (tertiary/aromatic N) is 1. The SMILES string of the molecule is c1ccc(-c2ccc(N(c3ccc(-c4ccccc4)c(-c4ccccc4)c3)c3ccc4c(-c5ccccc5)c(-c5ccccc5)c5ccccc5c4c3)c(-c3ccccc3)c2)cc1. The second-order valence-electron chi connectivity index (χ2n) is 16.0. The molecule has 0 radical (unpaired) electrons. The van der Waals surface area contributed by atoms with Crippen LogP contribution in [0, 0.1) is 0 Å². The molecule has 0 unspecified atom stereocenters. The average molecular weight is 802 g/mol. The highest BCUT2D eigenvalue weighted by molar-refractivity contribution is 6.22. The summed E-state index contributed by atoms with van der Waals surface area (Å²) in [4.78, 5) is 2.47. The molecule has 0 aliphatic carbocycles. The molecule has 0 aliphatic rings. The lowest BCUT2D eigenvalue weighted by molar-refractivity contribution is 1.29. The van der Waals surface area contributed by atoms with Gasteiger partial charge in [0.2, 0.25) is 0 Å². The molecule has 0 N–H and O–H groups in total. The summed E-state index contributed by atoms with van der Waals surface area (Å²) in [5, 5.41) is 4.88. The van der Waals surface area contributed by atoms with Crippen molar-refractivity contribution in [2.75, 3.05) is 4.90 Å². The van der Waals surface area contributed by atoms with Crippen LogP contribution in [-0.2, 0) is 0 Å². The molecule has 296 valence electrons. The van der Waals surface area contributed by atoms with Gasteiger partial charge < -0.3 is 4.90 Å². The van der Waals surface area contributed by atoms with Gasteiger partial charge in [0.15, 0.2) is 0 Å². The standard InChI is InChI=1S/C62H43N/c1-7-21-44(22-8-1)50-35-40-60(58(41-50)47-27-13-4-14-28-47)63(51-36-38-53(45-23-9-2-10-24-45)57(42-51)46-25-11-3-12-26-46)52-37-39-56-59(43-52)54-33-19-20-34-55(54)61(48-29-15-5-16-30-48)62(56)49-31-17-6-18-32-49/h1-43H. The van der Waals surface area contributed by atoms with Crippen LogP contribution in [0.1, 0.15) is 0 Å². The van der Waals surface area contributed by atoms with Gasteiger partial charge in [0, 0.05) is 16.9 Å². The number of benzene rings is 11. The second kappa shape index (κ2) is 16.7. The third kappa shape index (κ3) is 7.16. The summed E-state index contributed by atoms with van der Waals surface area (Å²) >= 11 is 0. The van der Waals surface area contributed by atoms with Crippen LogP contribution in [0.4, 0.5) is 17.1 Å². The van der Waals surface area contributed by atoms with Crippen LogP contribution in [0.3, 0.4) is 0 Å². The van der Waals surface area contributed by atoms with Gasteiger partial charge in [0.05, 0.1) is 5.69 Å². The molecule has 0 amide bonds. The Hall–Kier alpha value is -8.26. The molecule has 1 heteroatoms. The minimum Gasteiger partial charge on any atom is -0.310 e. The lowest BCUT2D eigenvalue weighted by atomic mass is 9.85. The highest BCUT2D eigenvalue weighted by atomic mass is 15.1. The van der Waals surface area contributed by atoms with Crippen molar-refractivity contribution in [2.24, 2.45) is 0 Å². The Balaban J connectivity index is 1.22. The zero-order valence-corrected chi connectivity index (χ0v) is 34.8. The molecule has 0 spiro atoms. The predicted molar refractivity (Wildman–Crippen MR) is 269 cm³/mol. The topological polar surface area (TPSA) is 3.24 Å². The van der Waals surface area contributed by atoms with Gasteiger partial charge in [-0.2, -0.15) is 0 Å². The molecular formula is C62H43N. The monoisotopic (exact) mass is 801 g/mol. The van der Waals surface area contributed by atoms with Gasteiger partial charge in [0.1, 0.15) is 0 Å². The van der Waals surface area contributed by atoms with E-state index in [2.05, 4.69) is 266 Å². The van der Waals surface area contributed by atoms with Crippen molar-refractivity contribution in [3.8, 4) is 66.8 Å². The van der Waals surface area contributed by atoms with Gasteiger partial charge in [-0.25, -0.2) is 0 Å². The molecule has 0 aliphatic heterocycles. The summed E-state index contributed by atoms with van der Waals surface area (Å²) in [6.07, 6.45) is 0. The molecule has 0 aromatic heterocycles. The number of anilines is 3. The summed E-state index contributed by atoms with van der Waals surface area (Å²) < 4.78 is 0. The Morgan fingerprint density at radius 2 is 0.619 bits per heavy atom. The largest absolute Gasteiger partial charge is 0.310 e. The van der Waals surface area contributed by atoms with Crippen molar-refractivity contribution in [2.45, 2.75) is 0 Å². The molecule has 0 atom stereocenters. The van der Waals surface area contributed by atoms with Gasteiger partial charge >= 0.3 is 0 Å². The van der Waals surface area contributed by atoms with Crippen LogP contribution in [0.2, 0.25) is 0 Å². The fourth-order valence-corrected chi connectivity index (χ4v) is 9.34. The maximum absolute atomic E-state index is 2.47. The van der Waals surface area contributed by atoms with E-state index in [9.17, 15) is 0 Å². The molecule has 11 rings (SSSR count). The van der Waals surface area contributed by atoms with Gasteiger partial charge in [0.25, 0.3) is 0 Å². The van der Waals surface area contributed by atoms with E-state index in [0.717, 1.165) is 28.2 Å². The fraction of sp³-hybridized carbons (Fsp3) is 0. The predicted octanol–water partition coefficient (Wildman–Crippen LogP) is 17.5. The van der Waals surface area contributed by atoms with Gasteiger partial charge in [-0.3, -0.25) is 0 Å². The Labute approximate surface area is 369 Å². The average Bonchev–Trinajstić information content (AvgIpc) is 3.37. The molecular weight excluding hydrogens is 759 g/mol. The smallest absolute Gasteiger partial charge is 0.0540 e. The molecule has 11 aromatic rings. The Kier molecular flexibility index (Phi) is 9.97. The third-order valence-electron chi connectivity index (χ3n) is 12.3. The van der Waals surface area contributed by atoms with Crippen molar-refractivity contribution >= 4 is 38.6 Å². The van der Waals surface area contributed by atoms with Gasteiger partial charge in [-0.15, -0.1) is 0 Å². The first-order chi connectivity index (χ1) is 31.3. The van der Waals surface area contributed by atoms with Crippen molar-refractivity contribution in [1.29, 1.82) is 0 Å². The van der Waals surface area contributed by atoms with E-state index in [0.29, 0.717) is 0 Å². The minimum absolute atomic E-state index is 1.08.